The van der Waals surface area contributed by atoms with Crippen LogP contribution in [0.5, 0.6) is 0 Å². The molecule has 4 aromatic rings. The van der Waals surface area contributed by atoms with E-state index in [0.717, 1.165) is 21.9 Å². The first kappa shape index (κ1) is 22.1. The largest absolute Gasteiger partial charge is 0.463 e. The second-order valence-electron chi connectivity index (χ2n) is 8.41. The van der Waals surface area contributed by atoms with Gasteiger partial charge in [0.25, 0.3) is 0 Å². The van der Waals surface area contributed by atoms with Crippen molar-refractivity contribution in [3.8, 4) is 11.1 Å². The third kappa shape index (κ3) is 3.81. The van der Waals surface area contributed by atoms with Gasteiger partial charge in [-0.15, -0.1) is 0 Å². The summed E-state index contributed by atoms with van der Waals surface area (Å²) in [6, 6.07) is 7.26. The van der Waals surface area contributed by atoms with Crippen LogP contribution in [0.4, 0.5) is 4.39 Å². The van der Waals surface area contributed by atoms with Crippen LogP contribution in [-0.2, 0) is 21.1 Å². The number of halogens is 1. The molecule has 0 saturated carbocycles. The number of aryl methyl sites for hydroxylation is 2. The molecule has 1 unspecified atom stereocenters. The number of furan rings is 1. The van der Waals surface area contributed by atoms with Gasteiger partial charge < -0.3 is 14.2 Å². The molecule has 1 aliphatic heterocycles. The molecule has 3 heterocycles. The molecule has 1 aliphatic rings. The molecule has 2 aromatic carbocycles. The molecular weight excluding hydrogens is 461 g/mol. The fourth-order valence-corrected chi connectivity index (χ4v) is 5.57. The van der Waals surface area contributed by atoms with Crippen LogP contribution in [0.2, 0.25) is 0 Å². The topological polar surface area (TPSA) is 107 Å². The molecule has 5 rings (SSSR count). The van der Waals surface area contributed by atoms with Gasteiger partial charge in [0.1, 0.15) is 17.0 Å². The minimum absolute atomic E-state index is 0.195. The van der Waals surface area contributed by atoms with Crippen molar-refractivity contribution in [3.63, 3.8) is 0 Å². The minimum atomic E-state index is -3.31. The Morgan fingerprint density at radius 2 is 1.85 bits per heavy atom. The monoisotopic (exact) mass is 481 g/mol. The van der Waals surface area contributed by atoms with Crippen LogP contribution < -0.4 is 10.9 Å². The Bertz CT molecular complexity index is 1660. The number of carbonyl (C=O) groups is 1. The zero-order valence-electron chi connectivity index (χ0n) is 18.3. The number of sulfone groups is 1. The maximum absolute atomic E-state index is 13.4. The van der Waals surface area contributed by atoms with E-state index in [1.807, 2.05) is 6.07 Å². The molecule has 0 aliphatic carbocycles. The van der Waals surface area contributed by atoms with Gasteiger partial charge >= 0.3 is 5.63 Å². The lowest BCUT2D eigenvalue weighted by atomic mass is 9.97. The Balaban J connectivity index is 1.56. The SMILES string of the molecule is Cc1c(CC(=O)NC2C=CS(=O)(=O)C2)c(=O)oc2c(C)c3occ(-c4ccc(F)cc4)c3cc12. The van der Waals surface area contributed by atoms with E-state index in [2.05, 4.69) is 5.32 Å². The van der Waals surface area contributed by atoms with Gasteiger partial charge in [0, 0.05) is 27.3 Å². The number of benzene rings is 2. The third-order valence-electron chi connectivity index (χ3n) is 6.11. The lowest BCUT2D eigenvalue weighted by molar-refractivity contribution is -0.120. The molecule has 174 valence electrons. The summed E-state index contributed by atoms with van der Waals surface area (Å²) < 4.78 is 47.9. The highest BCUT2D eigenvalue weighted by Crippen LogP contribution is 2.37. The summed E-state index contributed by atoms with van der Waals surface area (Å²) in [6.45, 7) is 3.52. The molecule has 9 heteroatoms. The average molecular weight is 482 g/mol. The molecule has 1 amide bonds. The van der Waals surface area contributed by atoms with Crippen LogP contribution in [0, 0.1) is 19.7 Å². The Hall–Kier alpha value is -3.72. The second-order valence-corrected chi connectivity index (χ2v) is 10.3. The number of rotatable bonds is 4. The third-order valence-corrected chi connectivity index (χ3v) is 7.51. The van der Waals surface area contributed by atoms with Gasteiger partial charge in [0.05, 0.1) is 30.0 Å². The first-order valence-corrected chi connectivity index (χ1v) is 12.3. The van der Waals surface area contributed by atoms with Gasteiger partial charge in [-0.25, -0.2) is 17.6 Å². The summed E-state index contributed by atoms with van der Waals surface area (Å²) in [7, 11) is -3.31. The Labute approximate surface area is 193 Å². The molecule has 34 heavy (non-hydrogen) atoms. The van der Waals surface area contributed by atoms with Gasteiger partial charge in [-0.3, -0.25) is 4.79 Å². The van der Waals surface area contributed by atoms with Crippen molar-refractivity contribution in [1.82, 2.24) is 5.32 Å². The van der Waals surface area contributed by atoms with E-state index in [1.54, 1.807) is 32.2 Å². The standard InChI is InChI=1S/C25H20FNO6S/c1-13-18-9-20-21(15-3-5-16(26)6-4-15)11-32-23(20)14(2)24(18)33-25(29)19(13)10-22(28)27-17-7-8-34(30,31)12-17/h3-9,11,17H,10,12H2,1-2H3,(H,27,28). The normalized spacial score (nSPS) is 17.0. The zero-order chi connectivity index (χ0) is 24.2. The van der Waals surface area contributed by atoms with Crippen molar-refractivity contribution >= 4 is 37.7 Å². The summed E-state index contributed by atoms with van der Waals surface area (Å²) in [5.74, 6) is -1.02. The van der Waals surface area contributed by atoms with Crippen molar-refractivity contribution in [2.75, 3.05) is 5.75 Å². The zero-order valence-corrected chi connectivity index (χ0v) is 19.2. The second kappa shape index (κ2) is 7.95. The molecule has 1 N–H and O–H groups in total. The highest BCUT2D eigenvalue weighted by Gasteiger charge is 2.25. The van der Waals surface area contributed by atoms with Gasteiger partial charge in [0.2, 0.25) is 5.91 Å². The highest BCUT2D eigenvalue weighted by molar-refractivity contribution is 7.94. The number of carbonyl (C=O) groups excluding carboxylic acids is 1. The number of hydrogen-bond donors (Lipinski definition) is 1. The van der Waals surface area contributed by atoms with E-state index in [9.17, 15) is 22.4 Å². The summed E-state index contributed by atoms with van der Waals surface area (Å²) in [6.07, 6.45) is 2.75. The Morgan fingerprint density at radius 3 is 2.53 bits per heavy atom. The molecule has 7 nitrogen and oxygen atoms in total. The summed E-state index contributed by atoms with van der Waals surface area (Å²) >= 11 is 0. The Morgan fingerprint density at radius 1 is 1.12 bits per heavy atom. The predicted molar refractivity (Wildman–Crippen MR) is 126 cm³/mol. The van der Waals surface area contributed by atoms with E-state index in [4.69, 9.17) is 8.83 Å². The van der Waals surface area contributed by atoms with Crippen LogP contribution >= 0.6 is 0 Å². The van der Waals surface area contributed by atoms with Gasteiger partial charge in [-0.05, 0) is 49.2 Å². The van der Waals surface area contributed by atoms with Crippen LogP contribution in [0.15, 0.2) is 61.7 Å². The number of fused-ring (bicyclic) bond motifs is 2. The fourth-order valence-electron chi connectivity index (χ4n) is 4.34. The number of amides is 1. The first-order valence-electron chi connectivity index (χ1n) is 10.6. The minimum Gasteiger partial charge on any atom is -0.463 e. The van der Waals surface area contributed by atoms with Gasteiger partial charge in [0.15, 0.2) is 9.84 Å². The molecule has 0 saturated heterocycles. The molecule has 0 radical (unpaired) electrons. The van der Waals surface area contributed by atoms with Crippen molar-refractivity contribution in [1.29, 1.82) is 0 Å². The molecule has 0 fully saturated rings. The van der Waals surface area contributed by atoms with Gasteiger partial charge in [-0.2, -0.15) is 0 Å². The Kier molecular flexibility index (Phi) is 5.16. The smallest absolute Gasteiger partial charge is 0.340 e. The predicted octanol–water partition coefficient (Wildman–Crippen LogP) is 3.93. The molecular formula is C25H20FNO6S. The number of hydrogen-bond acceptors (Lipinski definition) is 6. The fraction of sp³-hybridized carbons (Fsp3) is 0.200. The van der Waals surface area contributed by atoms with E-state index >= 15 is 0 Å². The molecule has 0 spiro atoms. The quantitative estimate of drug-likeness (QED) is 0.443. The van der Waals surface area contributed by atoms with E-state index in [1.165, 1.54) is 18.2 Å². The highest BCUT2D eigenvalue weighted by atomic mass is 32.2. The lowest BCUT2D eigenvalue weighted by Crippen LogP contribution is -2.37. The maximum atomic E-state index is 13.4. The van der Waals surface area contributed by atoms with Crippen LogP contribution in [0.1, 0.15) is 16.7 Å². The molecule has 2 aromatic heterocycles. The first-order chi connectivity index (χ1) is 16.1. The lowest BCUT2D eigenvalue weighted by Gasteiger charge is -2.12. The molecule has 0 bridgehead atoms. The van der Waals surface area contributed by atoms with E-state index in [-0.39, 0.29) is 23.6 Å². The summed E-state index contributed by atoms with van der Waals surface area (Å²) in [4.78, 5) is 25.3. The van der Waals surface area contributed by atoms with Crippen molar-refractivity contribution < 1.29 is 26.4 Å². The van der Waals surface area contributed by atoms with Crippen LogP contribution in [-0.4, -0.2) is 26.1 Å². The summed E-state index contributed by atoms with van der Waals surface area (Å²) in [5, 5.41) is 5.12. The van der Waals surface area contributed by atoms with Gasteiger partial charge in [-0.1, -0.05) is 12.1 Å². The average Bonchev–Trinajstić information content (AvgIpc) is 3.35. The number of nitrogens with one attached hydrogen (secondary N) is 1. The van der Waals surface area contributed by atoms with Crippen LogP contribution in [0.25, 0.3) is 33.1 Å². The maximum Gasteiger partial charge on any atom is 0.340 e. The van der Waals surface area contributed by atoms with E-state index in [0.29, 0.717) is 27.7 Å². The van der Waals surface area contributed by atoms with Crippen molar-refractivity contribution in [2.24, 2.45) is 0 Å². The van der Waals surface area contributed by atoms with Crippen LogP contribution in [0.3, 0.4) is 0 Å². The summed E-state index contributed by atoms with van der Waals surface area (Å²) in [5.41, 5.74) is 3.24. The molecule has 1 atom stereocenters. The van der Waals surface area contributed by atoms with Crippen molar-refractivity contribution in [2.45, 2.75) is 26.3 Å². The van der Waals surface area contributed by atoms with Crippen molar-refractivity contribution in [3.05, 3.63) is 81.0 Å². The van der Waals surface area contributed by atoms with E-state index < -0.39 is 27.4 Å².